The van der Waals surface area contributed by atoms with Gasteiger partial charge in [0.25, 0.3) is 0 Å². The highest BCUT2D eigenvalue weighted by atomic mass is 16.3. The summed E-state index contributed by atoms with van der Waals surface area (Å²) in [6.07, 6.45) is 0. The summed E-state index contributed by atoms with van der Waals surface area (Å²) in [4.78, 5) is 11.6. The number of aromatic nitrogens is 3. The van der Waals surface area contributed by atoms with Gasteiger partial charge in [-0.05, 0) is 147 Å². The van der Waals surface area contributed by atoms with Crippen molar-refractivity contribution in [3.05, 3.63) is 191 Å². The van der Waals surface area contributed by atoms with Gasteiger partial charge in [-0.25, -0.2) is 9.97 Å². The van der Waals surface area contributed by atoms with Crippen LogP contribution in [0.3, 0.4) is 0 Å². The zero-order valence-corrected chi connectivity index (χ0v) is 43.2. The molecule has 0 amide bonds. The Labute approximate surface area is 414 Å². The highest BCUT2D eigenvalue weighted by Crippen LogP contribution is 2.48. The molecule has 0 radical (unpaired) electrons. The number of aromatic hydroxyl groups is 1. The minimum absolute atomic E-state index is 0.0907. The van der Waals surface area contributed by atoms with Crippen molar-refractivity contribution in [1.29, 1.82) is 0 Å². The van der Waals surface area contributed by atoms with E-state index in [9.17, 15) is 5.11 Å². The quantitative estimate of drug-likeness (QED) is 0.169. The first-order valence-corrected chi connectivity index (χ1v) is 24.8. The van der Waals surface area contributed by atoms with Crippen molar-refractivity contribution in [3.8, 4) is 67.5 Å². The molecular weight excluding hydrogens is 851 g/mol. The standard InChI is InChI=1S/C66H65N3O/c1-39-33-40(2)57(41(3)34-39)46-26-20-25-45(35-46)54-30-28-50-58(44-23-18-15-19-24-44)42(4)49-29-32-56-61(59(49)60(50)67-54)68-63(52-37-48(65(8,9)10)38-53(62(52)70)66(11,12)13)69(56)55-31-27-47(64(5,6)7)36-51(55)43-21-16-14-17-22-43/h14-38,70H,1-13H3. The van der Waals surface area contributed by atoms with Crippen molar-refractivity contribution in [2.24, 2.45) is 0 Å². The lowest BCUT2D eigenvalue weighted by molar-refractivity contribution is 0.446. The number of rotatable bonds is 6. The summed E-state index contributed by atoms with van der Waals surface area (Å²) in [5, 5.41) is 15.9. The monoisotopic (exact) mass is 916 g/mol. The van der Waals surface area contributed by atoms with Crippen LogP contribution in [-0.2, 0) is 16.2 Å². The number of benzene rings is 8. The SMILES string of the molecule is Cc1cc(C)c(-c2cccc(-c3ccc4c(-c5ccccc5)c(C)c5ccc6c(nc(-c7cc(C(C)(C)C)cc(C(C)(C)C)c7O)n6-c6ccc(C(C)(C)C)cc6-c6ccccc6)c5c4n3)c2)c(C)c1. The van der Waals surface area contributed by atoms with Gasteiger partial charge >= 0.3 is 0 Å². The Hall–Kier alpha value is -7.30. The first-order valence-electron chi connectivity index (χ1n) is 24.8. The molecule has 0 saturated heterocycles. The van der Waals surface area contributed by atoms with Crippen molar-refractivity contribution in [2.45, 2.75) is 106 Å². The lowest BCUT2D eigenvalue weighted by Crippen LogP contribution is -2.17. The van der Waals surface area contributed by atoms with E-state index in [1.165, 1.54) is 38.9 Å². The molecule has 2 heterocycles. The zero-order valence-electron chi connectivity index (χ0n) is 43.2. The number of hydrogen-bond donors (Lipinski definition) is 1. The van der Waals surface area contributed by atoms with E-state index >= 15 is 0 Å². The van der Waals surface area contributed by atoms with E-state index in [-0.39, 0.29) is 22.0 Å². The van der Waals surface area contributed by atoms with Crippen molar-refractivity contribution >= 4 is 32.7 Å². The number of phenols is 1. The molecule has 4 nitrogen and oxygen atoms in total. The second-order valence-electron chi connectivity index (χ2n) is 22.7. The number of hydrogen-bond acceptors (Lipinski definition) is 3. The summed E-state index contributed by atoms with van der Waals surface area (Å²) < 4.78 is 2.31. The molecule has 0 bridgehead atoms. The Bertz CT molecular complexity index is 3660. The lowest BCUT2D eigenvalue weighted by Gasteiger charge is -2.28. The molecule has 10 aromatic rings. The first-order chi connectivity index (χ1) is 33.2. The fraction of sp³-hybridized carbons (Fsp3) is 0.242. The molecule has 0 aliphatic heterocycles. The third-order valence-corrected chi connectivity index (χ3v) is 14.4. The molecule has 8 aromatic carbocycles. The number of phenolic OH excluding ortho intramolecular Hbond substituents is 1. The second-order valence-corrected chi connectivity index (χ2v) is 22.7. The molecule has 4 heteroatoms. The molecular formula is C66H65N3O. The summed E-state index contributed by atoms with van der Waals surface area (Å²) in [7, 11) is 0. The lowest BCUT2D eigenvalue weighted by atomic mass is 9.79. The number of fused-ring (bicyclic) bond motifs is 5. The van der Waals surface area contributed by atoms with Gasteiger partial charge in [0.1, 0.15) is 11.6 Å². The largest absolute Gasteiger partial charge is 0.507 e. The average Bonchev–Trinajstić information content (AvgIpc) is 3.70. The van der Waals surface area contributed by atoms with E-state index < -0.39 is 0 Å². The van der Waals surface area contributed by atoms with E-state index in [4.69, 9.17) is 9.97 Å². The van der Waals surface area contributed by atoms with E-state index in [1.54, 1.807) is 0 Å². The first kappa shape index (κ1) is 46.4. The summed E-state index contributed by atoms with van der Waals surface area (Å²) in [6, 6.07) is 55.0. The molecule has 0 aliphatic carbocycles. The fourth-order valence-corrected chi connectivity index (χ4v) is 10.8. The van der Waals surface area contributed by atoms with Crippen LogP contribution in [0.25, 0.3) is 94.4 Å². The van der Waals surface area contributed by atoms with Crippen LogP contribution in [0.2, 0.25) is 0 Å². The number of nitrogens with zero attached hydrogens (tertiary/aromatic N) is 3. The topological polar surface area (TPSA) is 50.9 Å². The highest BCUT2D eigenvalue weighted by molar-refractivity contribution is 6.23. The molecule has 350 valence electrons. The Morgan fingerprint density at radius 2 is 1.06 bits per heavy atom. The number of pyridine rings is 1. The average molecular weight is 916 g/mol. The molecule has 0 aliphatic rings. The molecule has 0 unspecified atom stereocenters. The van der Waals surface area contributed by atoms with Gasteiger partial charge in [0.15, 0.2) is 0 Å². The molecule has 0 spiro atoms. The molecule has 2 aromatic heterocycles. The van der Waals surface area contributed by atoms with Crippen LogP contribution in [-0.4, -0.2) is 19.6 Å². The molecule has 0 fully saturated rings. The van der Waals surface area contributed by atoms with E-state index in [2.05, 4.69) is 246 Å². The highest BCUT2D eigenvalue weighted by Gasteiger charge is 2.30. The third-order valence-electron chi connectivity index (χ3n) is 14.4. The summed E-state index contributed by atoms with van der Waals surface area (Å²) in [5.41, 5.74) is 20.8. The van der Waals surface area contributed by atoms with E-state index in [0.717, 1.165) is 83.0 Å². The van der Waals surface area contributed by atoms with Crippen LogP contribution in [0.4, 0.5) is 0 Å². The van der Waals surface area contributed by atoms with Crippen LogP contribution in [0.5, 0.6) is 5.75 Å². The Balaban J connectivity index is 1.36. The van der Waals surface area contributed by atoms with Crippen LogP contribution in [0.15, 0.2) is 152 Å². The summed E-state index contributed by atoms with van der Waals surface area (Å²) in [5.74, 6) is 0.934. The zero-order chi connectivity index (χ0) is 49.6. The van der Waals surface area contributed by atoms with Gasteiger partial charge < -0.3 is 5.11 Å². The van der Waals surface area contributed by atoms with Crippen LogP contribution < -0.4 is 0 Å². The summed E-state index contributed by atoms with van der Waals surface area (Å²) >= 11 is 0. The maximum atomic E-state index is 12.7. The Kier molecular flexibility index (Phi) is 11.3. The van der Waals surface area contributed by atoms with Gasteiger partial charge in [-0.1, -0.05) is 177 Å². The van der Waals surface area contributed by atoms with Crippen molar-refractivity contribution in [1.82, 2.24) is 14.5 Å². The van der Waals surface area contributed by atoms with Crippen molar-refractivity contribution in [3.63, 3.8) is 0 Å². The number of imidazole rings is 1. The van der Waals surface area contributed by atoms with Gasteiger partial charge in [-0.2, -0.15) is 0 Å². The van der Waals surface area contributed by atoms with E-state index in [1.807, 2.05) is 0 Å². The van der Waals surface area contributed by atoms with Gasteiger partial charge in [0.2, 0.25) is 0 Å². The molecule has 0 atom stereocenters. The van der Waals surface area contributed by atoms with Crippen LogP contribution in [0, 0.1) is 27.7 Å². The maximum Gasteiger partial charge on any atom is 0.149 e. The fourth-order valence-electron chi connectivity index (χ4n) is 10.8. The van der Waals surface area contributed by atoms with Gasteiger partial charge in [-0.3, -0.25) is 4.57 Å². The smallest absolute Gasteiger partial charge is 0.149 e. The van der Waals surface area contributed by atoms with Crippen LogP contribution >= 0.6 is 0 Å². The third kappa shape index (κ3) is 8.07. The predicted molar refractivity (Wildman–Crippen MR) is 298 cm³/mol. The minimum Gasteiger partial charge on any atom is -0.507 e. The maximum absolute atomic E-state index is 12.7. The van der Waals surface area contributed by atoms with Gasteiger partial charge in [0.05, 0.1) is 33.5 Å². The summed E-state index contributed by atoms with van der Waals surface area (Å²) in [6.45, 7) is 28.9. The Morgan fingerprint density at radius 1 is 0.457 bits per heavy atom. The molecule has 10 rings (SSSR count). The Morgan fingerprint density at radius 3 is 1.70 bits per heavy atom. The molecule has 1 N–H and O–H groups in total. The van der Waals surface area contributed by atoms with Gasteiger partial charge in [-0.15, -0.1) is 0 Å². The minimum atomic E-state index is -0.344. The van der Waals surface area contributed by atoms with Gasteiger partial charge in [0, 0.05) is 27.5 Å². The van der Waals surface area contributed by atoms with Crippen LogP contribution in [0.1, 0.15) is 101 Å². The molecule has 70 heavy (non-hydrogen) atoms. The van der Waals surface area contributed by atoms with Crippen molar-refractivity contribution in [2.75, 3.05) is 0 Å². The van der Waals surface area contributed by atoms with Crippen molar-refractivity contribution < 1.29 is 5.11 Å². The normalized spacial score (nSPS) is 12.4. The molecule has 0 saturated carbocycles. The second kappa shape index (κ2) is 17.0. The van der Waals surface area contributed by atoms with E-state index in [0.29, 0.717) is 11.4 Å². The number of aryl methyl sites for hydroxylation is 4. The predicted octanol–water partition coefficient (Wildman–Crippen LogP) is 17.9.